The summed E-state index contributed by atoms with van der Waals surface area (Å²) in [6.45, 7) is 4.10. The Balaban J connectivity index is 2.05. The maximum Gasteiger partial charge on any atom is 0.150 e. The zero-order chi connectivity index (χ0) is 18.7. The Morgan fingerprint density at radius 3 is 1.96 bits per heavy atom. The summed E-state index contributed by atoms with van der Waals surface area (Å²) in [4.78, 5) is 0. The molecule has 0 saturated carbocycles. The molecule has 1 atom stereocenters. The van der Waals surface area contributed by atoms with Gasteiger partial charge in [-0.3, -0.25) is 0 Å². The lowest BCUT2D eigenvalue weighted by atomic mass is 9.78. The predicted molar refractivity (Wildman–Crippen MR) is 97.9 cm³/mol. The van der Waals surface area contributed by atoms with Gasteiger partial charge in [0.25, 0.3) is 0 Å². The van der Waals surface area contributed by atoms with Crippen LogP contribution in [-0.2, 0) is 15.3 Å². The van der Waals surface area contributed by atoms with Crippen LogP contribution in [0.25, 0.3) is 0 Å². The van der Waals surface area contributed by atoms with E-state index in [1.165, 1.54) is 0 Å². The number of hydrogen-bond acceptors (Lipinski definition) is 5. The molecule has 2 rings (SSSR count). The van der Waals surface area contributed by atoms with E-state index < -0.39 is 15.9 Å². The van der Waals surface area contributed by atoms with Gasteiger partial charge in [0.1, 0.15) is 34.0 Å². The lowest BCUT2D eigenvalue weighted by Gasteiger charge is -2.26. The highest BCUT2D eigenvalue weighted by molar-refractivity contribution is 7.90. The number of benzene rings is 2. The lowest BCUT2D eigenvalue weighted by molar-refractivity contribution is 0.125. The topological polar surface area (TPSA) is 83.8 Å². The maximum atomic E-state index is 11.1. The van der Waals surface area contributed by atoms with E-state index in [1.54, 1.807) is 24.3 Å². The molecule has 0 aliphatic rings. The first-order valence-electron chi connectivity index (χ1n) is 7.96. The minimum atomic E-state index is -3.24. The Hall–Kier alpha value is -2.05. The summed E-state index contributed by atoms with van der Waals surface area (Å²) < 4.78 is 27.7. The van der Waals surface area contributed by atoms with E-state index in [-0.39, 0.29) is 23.5 Å². The van der Waals surface area contributed by atoms with Gasteiger partial charge >= 0.3 is 0 Å². The monoisotopic (exact) mass is 364 g/mol. The van der Waals surface area contributed by atoms with E-state index in [0.29, 0.717) is 5.75 Å². The first-order valence-corrected chi connectivity index (χ1v) is 10.0. The summed E-state index contributed by atoms with van der Waals surface area (Å²) in [5.41, 5.74) is 1.90. The molecule has 0 amide bonds. The molecule has 0 saturated heterocycles. The third kappa shape index (κ3) is 5.47. The molecule has 0 heterocycles. The van der Waals surface area contributed by atoms with E-state index in [1.807, 2.05) is 24.3 Å². The van der Waals surface area contributed by atoms with Gasteiger partial charge in [0, 0.05) is 11.7 Å². The second kappa shape index (κ2) is 7.45. The summed E-state index contributed by atoms with van der Waals surface area (Å²) in [5, 5.41) is 19.1. The Kier molecular flexibility index (Phi) is 5.75. The van der Waals surface area contributed by atoms with Gasteiger partial charge < -0.3 is 14.9 Å². The van der Waals surface area contributed by atoms with Crippen molar-refractivity contribution in [2.24, 2.45) is 0 Å². The van der Waals surface area contributed by atoms with Crippen molar-refractivity contribution in [1.29, 1.82) is 0 Å². The molecular formula is C19H24O5S. The number of aliphatic hydroxyl groups excluding tert-OH is 1. The second-order valence-electron chi connectivity index (χ2n) is 6.75. The molecule has 0 fully saturated rings. The van der Waals surface area contributed by atoms with E-state index in [0.717, 1.165) is 17.4 Å². The number of rotatable bonds is 7. The normalized spacial score (nSPS) is 13.4. The van der Waals surface area contributed by atoms with Gasteiger partial charge in [-0.2, -0.15) is 0 Å². The molecular weight excluding hydrogens is 340 g/mol. The van der Waals surface area contributed by atoms with E-state index in [4.69, 9.17) is 4.74 Å². The van der Waals surface area contributed by atoms with Crippen molar-refractivity contribution >= 4 is 9.84 Å². The van der Waals surface area contributed by atoms with Gasteiger partial charge in [0.05, 0.1) is 5.75 Å². The van der Waals surface area contributed by atoms with Gasteiger partial charge in [-0.1, -0.05) is 38.1 Å². The molecule has 2 aromatic rings. The van der Waals surface area contributed by atoms with Crippen LogP contribution in [0.1, 0.15) is 25.0 Å². The number of aromatic hydroxyl groups is 1. The van der Waals surface area contributed by atoms with Gasteiger partial charge in [-0.15, -0.1) is 0 Å². The largest absolute Gasteiger partial charge is 0.508 e. The fraction of sp³-hybridized carbons (Fsp3) is 0.368. The van der Waals surface area contributed by atoms with Gasteiger partial charge in [-0.25, -0.2) is 8.42 Å². The third-order valence-electron chi connectivity index (χ3n) is 4.10. The number of hydrogen-bond donors (Lipinski definition) is 2. The number of phenolic OH excluding ortho intramolecular Hbond substituents is 1. The van der Waals surface area contributed by atoms with Crippen molar-refractivity contribution < 1.29 is 23.4 Å². The Morgan fingerprint density at radius 1 is 1.00 bits per heavy atom. The lowest BCUT2D eigenvalue weighted by Crippen LogP contribution is -2.26. The van der Waals surface area contributed by atoms with Crippen LogP contribution in [0.2, 0.25) is 0 Å². The van der Waals surface area contributed by atoms with Crippen LogP contribution in [0.15, 0.2) is 48.5 Å². The molecule has 136 valence electrons. The molecule has 0 radical (unpaired) electrons. The van der Waals surface area contributed by atoms with Crippen LogP contribution < -0.4 is 4.74 Å². The predicted octanol–water partition coefficient (Wildman–Crippen LogP) is 2.50. The molecule has 0 spiro atoms. The maximum absolute atomic E-state index is 11.1. The molecule has 5 nitrogen and oxygen atoms in total. The zero-order valence-corrected chi connectivity index (χ0v) is 15.5. The van der Waals surface area contributed by atoms with E-state index in [2.05, 4.69) is 13.8 Å². The average molecular weight is 364 g/mol. The molecule has 6 heteroatoms. The highest BCUT2D eigenvalue weighted by Gasteiger charge is 2.23. The fourth-order valence-corrected chi connectivity index (χ4v) is 3.40. The Labute approximate surface area is 148 Å². The van der Waals surface area contributed by atoms with Crippen LogP contribution in [0, 0.1) is 0 Å². The number of aliphatic hydroxyl groups is 1. The Bertz CT molecular complexity index is 793. The van der Waals surface area contributed by atoms with E-state index >= 15 is 0 Å². The van der Waals surface area contributed by atoms with Gasteiger partial charge in [-0.05, 0) is 35.4 Å². The number of ether oxygens (including phenoxy) is 1. The summed E-state index contributed by atoms with van der Waals surface area (Å²) in [6, 6.07) is 14.6. The molecule has 2 aromatic carbocycles. The van der Waals surface area contributed by atoms with Crippen molar-refractivity contribution in [2.75, 3.05) is 18.6 Å². The highest BCUT2D eigenvalue weighted by Crippen LogP contribution is 2.33. The van der Waals surface area contributed by atoms with Crippen LogP contribution in [-0.4, -0.2) is 43.4 Å². The SMILES string of the molecule is CC(C)(c1ccc(O)cc1)c1ccc(OCC(O)CS(C)(=O)=O)cc1. The first-order chi connectivity index (χ1) is 11.6. The van der Waals surface area contributed by atoms with Crippen molar-refractivity contribution in [2.45, 2.75) is 25.4 Å². The highest BCUT2D eigenvalue weighted by atomic mass is 32.2. The minimum absolute atomic E-state index is 0.0756. The molecule has 0 aliphatic heterocycles. The van der Waals surface area contributed by atoms with Crippen molar-refractivity contribution in [1.82, 2.24) is 0 Å². The molecule has 0 aliphatic carbocycles. The van der Waals surface area contributed by atoms with E-state index in [9.17, 15) is 18.6 Å². The summed E-state index contributed by atoms with van der Waals surface area (Å²) >= 11 is 0. The van der Waals surface area contributed by atoms with Crippen LogP contribution in [0.4, 0.5) is 0 Å². The van der Waals surface area contributed by atoms with Crippen LogP contribution in [0.5, 0.6) is 11.5 Å². The standard InChI is InChI=1S/C19H24O5S/c1-19(2,14-4-8-16(20)9-5-14)15-6-10-18(11-7-15)24-12-17(21)13-25(3,22)23/h4-11,17,20-21H,12-13H2,1-3H3. The minimum Gasteiger partial charge on any atom is -0.508 e. The van der Waals surface area contributed by atoms with Crippen LogP contribution >= 0.6 is 0 Å². The molecule has 2 N–H and O–H groups in total. The van der Waals surface area contributed by atoms with Gasteiger partial charge in [0.15, 0.2) is 0 Å². The summed E-state index contributed by atoms with van der Waals surface area (Å²) in [5.74, 6) is 0.479. The van der Waals surface area contributed by atoms with Crippen molar-refractivity contribution in [3.8, 4) is 11.5 Å². The average Bonchev–Trinajstić information content (AvgIpc) is 2.52. The first kappa shape index (κ1) is 19.3. The Morgan fingerprint density at radius 2 is 1.48 bits per heavy atom. The third-order valence-corrected chi connectivity index (χ3v) is 5.09. The smallest absolute Gasteiger partial charge is 0.150 e. The molecule has 25 heavy (non-hydrogen) atoms. The molecule has 0 aromatic heterocycles. The quantitative estimate of drug-likeness (QED) is 0.789. The zero-order valence-electron chi connectivity index (χ0n) is 14.6. The van der Waals surface area contributed by atoms with Gasteiger partial charge in [0.2, 0.25) is 0 Å². The fourth-order valence-electron chi connectivity index (χ4n) is 2.60. The number of phenols is 1. The van der Waals surface area contributed by atoms with Crippen LogP contribution in [0.3, 0.4) is 0 Å². The second-order valence-corrected chi connectivity index (χ2v) is 8.94. The summed E-state index contributed by atoms with van der Waals surface area (Å²) in [6.07, 6.45) is 0.0271. The molecule has 0 bridgehead atoms. The van der Waals surface area contributed by atoms with Crippen molar-refractivity contribution in [3.63, 3.8) is 0 Å². The summed E-state index contributed by atoms with van der Waals surface area (Å²) in [7, 11) is -3.24. The number of sulfone groups is 1. The van der Waals surface area contributed by atoms with Crippen molar-refractivity contribution in [3.05, 3.63) is 59.7 Å². The molecule has 1 unspecified atom stereocenters.